The first-order valence-corrected chi connectivity index (χ1v) is 6.08. The maximum Gasteiger partial charge on any atom is 0.240 e. The number of alkyl halides is 2. The Morgan fingerprint density at radius 3 is 2.65 bits per heavy atom. The van der Waals surface area contributed by atoms with Crippen molar-refractivity contribution < 1.29 is 8.78 Å². The molecule has 0 radical (unpaired) electrons. The van der Waals surface area contributed by atoms with E-state index in [1.54, 1.807) is 0 Å². The molecule has 2 nitrogen and oxygen atoms in total. The fourth-order valence-electron chi connectivity index (χ4n) is 2.14. The molecule has 1 aliphatic heterocycles. The van der Waals surface area contributed by atoms with Gasteiger partial charge in [0.2, 0.25) is 6.43 Å². The van der Waals surface area contributed by atoms with Crippen LogP contribution in [-0.2, 0) is 0 Å². The molecule has 0 amide bonds. The molecule has 0 bridgehead atoms. The third kappa shape index (κ3) is 3.66. The van der Waals surface area contributed by atoms with Gasteiger partial charge in [-0.2, -0.15) is 0 Å². The maximum absolute atomic E-state index is 12.0. The number of hydrogen-bond donors (Lipinski definition) is 2. The molecule has 94 valence electrons. The quantitative estimate of drug-likeness (QED) is 0.827. The fourth-order valence-corrected chi connectivity index (χ4v) is 2.14. The van der Waals surface area contributed by atoms with Crippen LogP contribution in [0.3, 0.4) is 0 Å². The van der Waals surface area contributed by atoms with Gasteiger partial charge in [-0.25, -0.2) is 8.78 Å². The summed E-state index contributed by atoms with van der Waals surface area (Å²) < 4.78 is 23.9. The molecule has 1 unspecified atom stereocenters. The Labute approximate surface area is 100 Å². The Hall–Kier alpha value is -1.16. The molecule has 1 saturated heterocycles. The van der Waals surface area contributed by atoms with Gasteiger partial charge < -0.3 is 10.6 Å². The number of rotatable bonds is 5. The van der Waals surface area contributed by atoms with Gasteiger partial charge in [-0.15, -0.1) is 0 Å². The van der Waals surface area contributed by atoms with Gasteiger partial charge in [0.1, 0.15) is 0 Å². The third-order valence-corrected chi connectivity index (χ3v) is 3.13. The lowest BCUT2D eigenvalue weighted by Gasteiger charge is -2.10. The van der Waals surface area contributed by atoms with Crippen LogP contribution in [0.25, 0.3) is 0 Å². The first kappa shape index (κ1) is 12.3. The molecule has 17 heavy (non-hydrogen) atoms. The Morgan fingerprint density at radius 2 is 2.06 bits per heavy atom. The standard InChI is InChI=1S/C13H18F2N2/c14-13(15)6-8-17-12-3-1-10(2-4-12)11-5-7-16-9-11/h1-4,11,13,16-17H,5-9H2. The number of benzene rings is 1. The van der Waals surface area contributed by atoms with Crippen molar-refractivity contribution in [1.82, 2.24) is 5.32 Å². The predicted octanol–water partition coefficient (Wildman–Crippen LogP) is 2.83. The van der Waals surface area contributed by atoms with Crippen LogP contribution in [0.4, 0.5) is 14.5 Å². The zero-order valence-corrected chi connectivity index (χ0v) is 9.76. The monoisotopic (exact) mass is 240 g/mol. The first-order valence-electron chi connectivity index (χ1n) is 6.08. The second kappa shape index (κ2) is 5.96. The molecular weight excluding hydrogens is 222 g/mol. The minimum absolute atomic E-state index is 0.103. The molecule has 1 aromatic rings. The van der Waals surface area contributed by atoms with Crippen molar-refractivity contribution in [1.29, 1.82) is 0 Å². The highest BCUT2D eigenvalue weighted by Crippen LogP contribution is 2.23. The van der Waals surface area contributed by atoms with Gasteiger partial charge >= 0.3 is 0 Å². The molecule has 0 saturated carbocycles. The van der Waals surface area contributed by atoms with E-state index < -0.39 is 6.43 Å². The average molecular weight is 240 g/mol. The topological polar surface area (TPSA) is 24.1 Å². The summed E-state index contributed by atoms with van der Waals surface area (Å²) in [4.78, 5) is 0. The Bertz CT molecular complexity index is 332. The summed E-state index contributed by atoms with van der Waals surface area (Å²) in [6.45, 7) is 2.44. The van der Waals surface area contributed by atoms with E-state index in [0.717, 1.165) is 18.8 Å². The van der Waals surface area contributed by atoms with Crippen molar-refractivity contribution in [3.05, 3.63) is 29.8 Å². The smallest absolute Gasteiger partial charge is 0.240 e. The fraction of sp³-hybridized carbons (Fsp3) is 0.538. The largest absolute Gasteiger partial charge is 0.385 e. The summed E-state index contributed by atoms with van der Waals surface area (Å²) in [5.74, 6) is 0.602. The Morgan fingerprint density at radius 1 is 1.29 bits per heavy atom. The molecule has 1 aromatic carbocycles. The van der Waals surface area contributed by atoms with E-state index in [2.05, 4.69) is 22.8 Å². The highest BCUT2D eigenvalue weighted by molar-refractivity contribution is 5.45. The number of hydrogen-bond acceptors (Lipinski definition) is 2. The van der Waals surface area contributed by atoms with Crippen LogP contribution in [0.2, 0.25) is 0 Å². The van der Waals surface area contributed by atoms with Crippen LogP contribution in [-0.4, -0.2) is 26.1 Å². The van der Waals surface area contributed by atoms with Crippen LogP contribution >= 0.6 is 0 Å². The van der Waals surface area contributed by atoms with Crippen molar-refractivity contribution in [2.75, 3.05) is 25.0 Å². The van der Waals surface area contributed by atoms with Gasteiger partial charge in [-0.3, -0.25) is 0 Å². The minimum atomic E-state index is -2.23. The number of anilines is 1. The summed E-state index contributed by atoms with van der Waals surface area (Å²) in [6.07, 6.45) is -1.15. The van der Waals surface area contributed by atoms with E-state index in [0.29, 0.717) is 12.5 Å². The normalized spacial score (nSPS) is 19.8. The van der Waals surface area contributed by atoms with Crippen molar-refractivity contribution in [2.24, 2.45) is 0 Å². The summed E-state index contributed by atoms with van der Waals surface area (Å²) in [6, 6.07) is 8.11. The van der Waals surface area contributed by atoms with E-state index in [4.69, 9.17) is 0 Å². The third-order valence-electron chi connectivity index (χ3n) is 3.13. The van der Waals surface area contributed by atoms with Crippen molar-refractivity contribution >= 4 is 5.69 Å². The van der Waals surface area contributed by atoms with E-state index in [1.807, 2.05) is 12.1 Å². The van der Waals surface area contributed by atoms with Crippen LogP contribution in [0.15, 0.2) is 24.3 Å². The first-order chi connectivity index (χ1) is 8.25. The molecule has 1 aliphatic rings. The Kier molecular flexibility index (Phi) is 4.31. The highest BCUT2D eigenvalue weighted by Gasteiger charge is 2.15. The van der Waals surface area contributed by atoms with Crippen LogP contribution in [0.5, 0.6) is 0 Å². The molecule has 2 rings (SSSR count). The second-order valence-electron chi connectivity index (χ2n) is 4.42. The van der Waals surface area contributed by atoms with Gasteiger partial charge in [0.05, 0.1) is 0 Å². The molecular formula is C13H18F2N2. The van der Waals surface area contributed by atoms with Crippen LogP contribution in [0.1, 0.15) is 24.3 Å². The number of nitrogens with one attached hydrogen (secondary N) is 2. The zero-order valence-electron chi connectivity index (χ0n) is 9.76. The molecule has 0 spiro atoms. The van der Waals surface area contributed by atoms with E-state index >= 15 is 0 Å². The van der Waals surface area contributed by atoms with E-state index in [1.165, 1.54) is 12.0 Å². The lowest BCUT2D eigenvalue weighted by Crippen LogP contribution is -2.08. The minimum Gasteiger partial charge on any atom is -0.385 e. The lowest BCUT2D eigenvalue weighted by molar-refractivity contribution is 0.142. The predicted molar refractivity (Wildman–Crippen MR) is 65.8 cm³/mol. The van der Waals surface area contributed by atoms with Gasteiger partial charge in [0.15, 0.2) is 0 Å². The SMILES string of the molecule is FC(F)CCNc1ccc(C2CCNC2)cc1. The summed E-state index contributed by atoms with van der Waals surface area (Å²) in [7, 11) is 0. The molecule has 2 N–H and O–H groups in total. The average Bonchev–Trinajstić information content (AvgIpc) is 2.83. The van der Waals surface area contributed by atoms with Gasteiger partial charge in [-0.05, 0) is 36.6 Å². The molecule has 1 atom stereocenters. The summed E-state index contributed by atoms with van der Waals surface area (Å²) in [5, 5.41) is 6.33. The van der Waals surface area contributed by atoms with Crippen LogP contribution < -0.4 is 10.6 Å². The highest BCUT2D eigenvalue weighted by atomic mass is 19.3. The van der Waals surface area contributed by atoms with Crippen molar-refractivity contribution in [2.45, 2.75) is 25.2 Å². The molecule has 4 heteroatoms. The van der Waals surface area contributed by atoms with Crippen molar-refractivity contribution in [3.63, 3.8) is 0 Å². The van der Waals surface area contributed by atoms with Crippen molar-refractivity contribution in [3.8, 4) is 0 Å². The summed E-state index contributed by atoms with van der Waals surface area (Å²) >= 11 is 0. The second-order valence-corrected chi connectivity index (χ2v) is 4.42. The molecule has 0 aliphatic carbocycles. The maximum atomic E-state index is 12.0. The molecule has 1 fully saturated rings. The van der Waals surface area contributed by atoms with Crippen LogP contribution in [0, 0.1) is 0 Å². The summed E-state index contributed by atoms with van der Waals surface area (Å²) in [5.41, 5.74) is 2.25. The lowest BCUT2D eigenvalue weighted by atomic mass is 9.98. The van der Waals surface area contributed by atoms with E-state index in [-0.39, 0.29) is 6.42 Å². The van der Waals surface area contributed by atoms with E-state index in [9.17, 15) is 8.78 Å². The molecule has 1 heterocycles. The Balaban J connectivity index is 1.84. The molecule has 0 aromatic heterocycles. The van der Waals surface area contributed by atoms with Gasteiger partial charge in [0, 0.05) is 25.2 Å². The zero-order chi connectivity index (χ0) is 12.1. The number of halogens is 2. The van der Waals surface area contributed by atoms with Gasteiger partial charge in [-0.1, -0.05) is 12.1 Å². The van der Waals surface area contributed by atoms with Gasteiger partial charge in [0.25, 0.3) is 0 Å².